The molecule has 94 valence electrons. The second-order valence-electron chi connectivity index (χ2n) is 5.97. The Morgan fingerprint density at radius 1 is 1.25 bits per heavy atom. The van der Waals surface area contributed by atoms with E-state index < -0.39 is 10.2 Å². The van der Waals surface area contributed by atoms with Gasteiger partial charge in [0.05, 0.1) is 0 Å². The van der Waals surface area contributed by atoms with E-state index >= 15 is 0 Å². The molecule has 0 bridgehead atoms. The predicted molar refractivity (Wildman–Crippen MR) is 64.2 cm³/mol. The van der Waals surface area contributed by atoms with Gasteiger partial charge in [-0.2, -0.15) is 17.0 Å². The van der Waals surface area contributed by atoms with E-state index in [1.165, 1.54) is 17.1 Å². The number of hydrogen-bond acceptors (Lipinski definition) is 2. The molecule has 1 saturated heterocycles. The van der Waals surface area contributed by atoms with Gasteiger partial charge in [0.2, 0.25) is 0 Å². The van der Waals surface area contributed by atoms with E-state index in [0.29, 0.717) is 5.41 Å². The lowest BCUT2D eigenvalue weighted by molar-refractivity contribution is -0.0695. The van der Waals surface area contributed by atoms with Crippen molar-refractivity contribution in [1.29, 1.82) is 0 Å². The Kier molecular flexibility index (Phi) is 2.84. The number of nitrogens with zero attached hydrogens (tertiary/aromatic N) is 2. The van der Waals surface area contributed by atoms with Crippen LogP contribution in [0.15, 0.2) is 0 Å². The first-order chi connectivity index (χ1) is 7.27. The van der Waals surface area contributed by atoms with Crippen LogP contribution in [-0.4, -0.2) is 44.2 Å². The van der Waals surface area contributed by atoms with Crippen molar-refractivity contribution in [2.45, 2.75) is 26.7 Å². The van der Waals surface area contributed by atoms with Gasteiger partial charge in [0.15, 0.2) is 0 Å². The molecular weight excluding hydrogens is 224 g/mol. The third-order valence-corrected chi connectivity index (χ3v) is 5.98. The van der Waals surface area contributed by atoms with Gasteiger partial charge in [0.1, 0.15) is 0 Å². The molecule has 1 heterocycles. The summed E-state index contributed by atoms with van der Waals surface area (Å²) in [4.78, 5) is 0. The first-order valence-corrected chi connectivity index (χ1v) is 7.34. The fourth-order valence-corrected chi connectivity index (χ4v) is 4.21. The molecule has 16 heavy (non-hydrogen) atoms. The number of hydrogen-bond donors (Lipinski definition) is 0. The van der Waals surface area contributed by atoms with Gasteiger partial charge in [-0.3, -0.25) is 0 Å². The molecule has 0 N–H and O–H groups in total. The lowest BCUT2D eigenvalue weighted by Crippen LogP contribution is -2.65. The Labute approximate surface area is 98.8 Å². The monoisotopic (exact) mass is 246 g/mol. The summed E-state index contributed by atoms with van der Waals surface area (Å²) >= 11 is 0. The zero-order valence-corrected chi connectivity index (χ0v) is 11.4. The normalized spacial score (nSPS) is 26.1. The lowest BCUT2D eigenvalue weighted by atomic mass is 9.56. The van der Waals surface area contributed by atoms with Crippen molar-refractivity contribution in [3.63, 3.8) is 0 Å². The van der Waals surface area contributed by atoms with Gasteiger partial charge >= 0.3 is 0 Å². The van der Waals surface area contributed by atoms with Gasteiger partial charge in [-0.25, -0.2) is 0 Å². The Bertz CT molecular complexity index is 361. The molecule has 1 saturated carbocycles. The van der Waals surface area contributed by atoms with Crippen LogP contribution in [0, 0.1) is 17.3 Å². The van der Waals surface area contributed by atoms with Gasteiger partial charge in [-0.05, 0) is 30.1 Å². The minimum absolute atomic E-state index is 0.331. The summed E-state index contributed by atoms with van der Waals surface area (Å²) in [6.45, 7) is 5.97. The average molecular weight is 246 g/mol. The third kappa shape index (κ3) is 1.79. The van der Waals surface area contributed by atoms with Gasteiger partial charge in [-0.1, -0.05) is 13.8 Å². The topological polar surface area (TPSA) is 40.6 Å². The SMILES string of the molecule is CC(C)C1CC2(C1)CN(S(=O)(=O)N(C)C)C2. The van der Waals surface area contributed by atoms with Crippen LogP contribution in [0.1, 0.15) is 26.7 Å². The summed E-state index contributed by atoms with van der Waals surface area (Å²) in [5.41, 5.74) is 0.331. The molecular formula is C11H22N2O2S. The summed E-state index contributed by atoms with van der Waals surface area (Å²) in [5, 5.41) is 0. The first kappa shape index (κ1) is 12.3. The predicted octanol–water partition coefficient (Wildman–Crippen LogP) is 1.16. The highest BCUT2D eigenvalue weighted by Gasteiger charge is 2.55. The molecule has 0 aromatic rings. The van der Waals surface area contributed by atoms with Crippen LogP contribution < -0.4 is 0 Å². The van der Waals surface area contributed by atoms with Crippen LogP contribution in [0.4, 0.5) is 0 Å². The van der Waals surface area contributed by atoms with Crippen LogP contribution in [0.3, 0.4) is 0 Å². The van der Waals surface area contributed by atoms with Crippen LogP contribution in [0.25, 0.3) is 0 Å². The Morgan fingerprint density at radius 2 is 1.75 bits per heavy atom. The molecule has 2 rings (SSSR count). The quantitative estimate of drug-likeness (QED) is 0.750. The van der Waals surface area contributed by atoms with Crippen molar-refractivity contribution in [3.05, 3.63) is 0 Å². The van der Waals surface area contributed by atoms with Crippen LogP contribution >= 0.6 is 0 Å². The second-order valence-corrected chi connectivity index (χ2v) is 8.11. The van der Waals surface area contributed by atoms with Crippen LogP contribution in [0.5, 0.6) is 0 Å². The van der Waals surface area contributed by atoms with Gasteiger partial charge in [0.25, 0.3) is 10.2 Å². The van der Waals surface area contributed by atoms with Crippen LogP contribution in [0.2, 0.25) is 0 Å². The van der Waals surface area contributed by atoms with E-state index in [1.807, 2.05) is 0 Å². The van der Waals surface area contributed by atoms with Gasteiger partial charge in [0, 0.05) is 27.2 Å². The van der Waals surface area contributed by atoms with Crippen molar-refractivity contribution in [1.82, 2.24) is 8.61 Å². The van der Waals surface area contributed by atoms with E-state index in [2.05, 4.69) is 13.8 Å². The zero-order chi connectivity index (χ0) is 12.1. The largest absolute Gasteiger partial charge is 0.281 e. The highest BCUT2D eigenvalue weighted by Crippen LogP contribution is 2.54. The summed E-state index contributed by atoms with van der Waals surface area (Å²) in [6, 6.07) is 0. The molecule has 5 heteroatoms. The van der Waals surface area contributed by atoms with Crippen molar-refractivity contribution in [2.75, 3.05) is 27.2 Å². The van der Waals surface area contributed by atoms with Crippen LogP contribution in [-0.2, 0) is 10.2 Å². The first-order valence-electron chi connectivity index (χ1n) is 5.94. The standard InChI is InChI=1S/C11H22N2O2S/c1-9(2)10-5-11(6-10)7-13(8-11)16(14,15)12(3)4/h9-10H,5-8H2,1-4H3. The minimum atomic E-state index is -3.16. The van der Waals surface area contributed by atoms with Crippen molar-refractivity contribution in [3.8, 4) is 0 Å². The number of rotatable bonds is 3. The molecule has 4 nitrogen and oxygen atoms in total. The zero-order valence-electron chi connectivity index (χ0n) is 10.6. The van der Waals surface area contributed by atoms with Crippen molar-refractivity contribution in [2.24, 2.45) is 17.3 Å². The highest BCUT2D eigenvalue weighted by molar-refractivity contribution is 7.86. The smallest absolute Gasteiger partial charge is 0.195 e. The van der Waals surface area contributed by atoms with Gasteiger partial charge < -0.3 is 0 Å². The Balaban J connectivity index is 1.88. The van der Waals surface area contributed by atoms with E-state index in [0.717, 1.165) is 24.9 Å². The molecule has 0 unspecified atom stereocenters. The van der Waals surface area contributed by atoms with E-state index in [4.69, 9.17) is 0 Å². The molecule has 1 spiro atoms. The summed E-state index contributed by atoms with van der Waals surface area (Å²) < 4.78 is 26.5. The highest BCUT2D eigenvalue weighted by atomic mass is 32.2. The van der Waals surface area contributed by atoms with Crippen molar-refractivity contribution >= 4 is 10.2 Å². The maximum Gasteiger partial charge on any atom is 0.281 e. The summed E-state index contributed by atoms with van der Waals surface area (Å²) in [6.07, 6.45) is 2.42. The van der Waals surface area contributed by atoms with Crippen molar-refractivity contribution < 1.29 is 8.42 Å². The van der Waals surface area contributed by atoms with E-state index in [9.17, 15) is 8.42 Å². The Morgan fingerprint density at radius 3 is 2.12 bits per heavy atom. The van der Waals surface area contributed by atoms with E-state index in [1.54, 1.807) is 18.4 Å². The fraction of sp³-hybridized carbons (Fsp3) is 1.00. The molecule has 0 aromatic carbocycles. The van der Waals surface area contributed by atoms with E-state index in [-0.39, 0.29) is 0 Å². The fourth-order valence-electron chi connectivity index (χ4n) is 2.88. The molecule has 0 radical (unpaired) electrons. The molecule has 2 aliphatic rings. The molecule has 0 atom stereocenters. The molecule has 2 fully saturated rings. The summed E-state index contributed by atoms with van der Waals surface area (Å²) in [5.74, 6) is 1.55. The summed E-state index contributed by atoms with van der Waals surface area (Å²) in [7, 11) is 0.0320. The van der Waals surface area contributed by atoms with Gasteiger partial charge in [-0.15, -0.1) is 0 Å². The molecule has 0 aromatic heterocycles. The lowest BCUT2D eigenvalue weighted by Gasteiger charge is -2.59. The molecule has 1 aliphatic heterocycles. The second kappa shape index (κ2) is 3.68. The minimum Gasteiger partial charge on any atom is -0.195 e. The third-order valence-electron chi connectivity index (χ3n) is 4.14. The maximum atomic E-state index is 11.8. The maximum absolute atomic E-state index is 11.8. The molecule has 1 aliphatic carbocycles. The molecule has 0 amide bonds. The Hall–Kier alpha value is -0.130. The average Bonchev–Trinajstić information content (AvgIpc) is 1.96.